The highest BCUT2D eigenvalue weighted by molar-refractivity contribution is 5.94. The average Bonchev–Trinajstić information content (AvgIpc) is 3.02. The van der Waals surface area contributed by atoms with E-state index in [1.165, 1.54) is 0 Å². The molecule has 0 unspecified atom stereocenters. The number of carbonyl (C=O) groups excluding carboxylic acids is 3. The Morgan fingerprint density at radius 2 is 1.73 bits per heavy atom. The fourth-order valence-electron chi connectivity index (χ4n) is 4.28. The van der Waals surface area contributed by atoms with Crippen molar-refractivity contribution in [1.82, 2.24) is 19.8 Å². The summed E-state index contributed by atoms with van der Waals surface area (Å²) in [5, 5.41) is 5.06. The number of fused-ring (bicyclic) bond motifs is 1. The number of carbonyl (C=O) groups is 3. The van der Waals surface area contributed by atoms with Crippen LogP contribution in [0.3, 0.4) is 0 Å². The Hall–Kier alpha value is -3.17. The molecule has 1 aromatic carbocycles. The normalized spacial score (nSPS) is 19.8. The summed E-state index contributed by atoms with van der Waals surface area (Å²) in [4.78, 5) is 50.3. The monoisotopic (exact) mass is 461 g/mol. The lowest BCUT2D eigenvalue weighted by molar-refractivity contribution is -0.127. The number of imidazole rings is 1. The highest BCUT2D eigenvalue weighted by Gasteiger charge is 2.34. The van der Waals surface area contributed by atoms with Crippen LogP contribution in [-0.2, 0) is 16.1 Å². The number of alkyl halides is 1. The molecular weight excluding hydrogens is 429 g/mol. The fraction of sp³-hybridized carbons (Fsp3) is 0.565. The average molecular weight is 462 g/mol. The van der Waals surface area contributed by atoms with E-state index in [0.29, 0.717) is 43.3 Å². The van der Waals surface area contributed by atoms with Gasteiger partial charge in [-0.3, -0.25) is 14.2 Å². The Kier molecular flexibility index (Phi) is 7.24. The molecular formula is C23H32FN5O4. The van der Waals surface area contributed by atoms with Gasteiger partial charge in [0.15, 0.2) is 0 Å². The zero-order chi connectivity index (χ0) is 24.3. The van der Waals surface area contributed by atoms with E-state index in [1.807, 2.05) is 0 Å². The molecule has 1 aliphatic rings. The third-order valence-corrected chi connectivity index (χ3v) is 6.09. The molecule has 3 amide bonds. The Morgan fingerprint density at radius 1 is 1.12 bits per heavy atom. The van der Waals surface area contributed by atoms with E-state index in [4.69, 9.17) is 5.73 Å². The number of hydrogen-bond acceptors (Lipinski definition) is 4. The van der Waals surface area contributed by atoms with Crippen molar-refractivity contribution in [1.29, 1.82) is 0 Å². The van der Waals surface area contributed by atoms with Crippen LogP contribution in [0.5, 0.6) is 0 Å². The van der Waals surface area contributed by atoms with E-state index >= 15 is 0 Å². The van der Waals surface area contributed by atoms with Gasteiger partial charge in [-0.2, -0.15) is 0 Å². The Labute approximate surface area is 191 Å². The predicted molar refractivity (Wildman–Crippen MR) is 122 cm³/mol. The largest absolute Gasteiger partial charge is 0.368 e. The van der Waals surface area contributed by atoms with E-state index in [2.05, 4.69) is 10.6 Å². The maximum atomic E-state index is 13.5. The first-order valence-corrected chi connectivity index (χ1v) is 11.2. The molecule has 9 nitrogen and oxygen atoms in total. The summed E-state index contributed by atoms with van der Waals surface area (Å²) in [6, 6.07) is 5.20. The van der Waals surface area contributed by atoms with Gasteiger partial charge in [-0.15, -0.1) is 0 Å². The van der Waals surface area contributed by atoms with Crippen molar-refractivity contribution in [3.05, 3.63) is 34.7 Å². The Morgan fingerprint density at radius 3 is 2.30 bits per heavy atom. The molecule has 1 heterocycles. The van der Waals surface area contributed by atoms with Crippen LogP contribution in [-0.4, -0.2) is 45.7 Å². The first-order chi connectivity index (χ1) is 15.5. The third-order valence-electron chi connectivity index (χ3n) is 6.09. The van der Waals surface area contributed by atoms with E-state index in [-0.39, 0.29) is 12.5 Å². The van der Waals surface area contributed by atoms with Crippen molar-refractivity contribution < 1.29 is 18.8 Å². The molecule has 0 aliphatic heterocycles. The van der Waals surface area contributed by atoms with Crippen LogP contribution in [0, 0.1) is 11.3 Å². The van der Waals surface area contributed by atoms with E-state index in [0.717, 1.165) is 4.57 Å². The van der Waals surface area contributed by atoms with Gasteiger partial charge in [-0.05, 0) is 49.1 Å². The smallest absolute Gasteiger partial charge is 0.337 e. The number of nitrogens with one attached hydrogen (secondary N) is 2. The minimum Gasteiger partial charge on any atom is -0.368 e. The predicted octanol–water partition coefficient (Wildman–Crippen LogP) is 1.91. The van der Waals surface area contributed by atoms with Crippen LogP contribution >= 0.6 is 0 Å². The molecule has 1 aromatic heterocycles. The van der Waals surface area contributed by atoms with Crippen LogP contribution < -0.4 is 22.1 Å². The summed E-state index contributed by atoms with van der Waals surface area (Å²) in [5.41, 5.74) is 4.91. The molecule has 0 radical (unpaired) electrons. The molecule has 1 fully saturated rings. The number of amides is 3. The Balaban J connectivity index is 1.91. The summed E-state index contributed by atoms with van der Waals surface area (Å²) in [5.74, 6) is -1.13. The second kappa shape index (κ2) is 9.76. The van der Waals surface area contributed by atoms with Gasteiger partial charge in [0.2, 0.25) is 11.8 Å². The molecule has 4 N–H and O–H groups in total. The molecule has 1 saturated carbocycles. The molecule has 180 valence electrons. The second-order valence-electron chi connectivity index (χ2n) is 9.77. The van der Waals surface area contributed by atoms with Crippen molar-refractivity contribution in [2.45, 2.75) is 65.2 Å². The van der Waals surface area contributed by atoms with Crippen LogP contribution in [0.2, 0.25) is 0 Å². The molecule has 1 atom stereocenters. The van der Waals surface area contributed by atoms with Crippen molar-refractivity contribution in [3.8, 4) is 0 Å². The topological polar surface area (TPSA) is 128 Å². The number of benzene rings is 1. The highest BCUT2D eigenvalue weighted by atomic mass is 19.1. The highest BCUT2D eigenvalue weighted by Crippen LogP contribution is 2.28. The van der Waals surface area contributed by atoms with E-state index in [9.17, 15) is 23.6 Å². The lowest BCUT2D eigenvalue weighted by Crippen LogP contribution is -2.56. The van der Waals surface area contributed by atoms with Crippen molar-refractivity contribution in [2.75, 3.05) is 6.54 Å². The molecule has 0 spiro atoms. The lowest BCUT2D eigenvalue weighted by atomic mass is 9.86. The number of nitrogens with two attached hydrogens (primary N) is 1. The SMILES string of the molecule is CC(C)(C)[C@H](NC(=O)n1c(=O)n(CC2CCC(F)CC2)c2ccccc21)C(=O)NCC(N)=O. The molecule has 2 aromatic rings. The van der Waals surface area contributed by atoms with Gasteiger partial charge in [-0.25, -0.2) is 18.5 Å². The molecule has 1 aliphatic carbocycles. The number of para-hydroxylation sites is 2. The summed E-state index contributed by atoms with van der Waals surface area (Å²) >= 11 is 0. The minimum absolute atomic E-state index is 0.152. The van der Waals surface area contributed by atoms with Crippen molar-refractivity contribution >= 4 is 28.9 Å². The van der Waals surface area contributed by atoms with Crippen LogP contribution in [0.15, 0.2) is 29.1 Å². The first-order valence-electron chi connectivity index (χ1n) is 11.2. The fourth-order valence-corrected chi connectivity index (χ4v) is 4.28. The van der Waals surface area contributed by atoms with Gasteiger partial charge in [-0.1, -0.05) is 32.9 Å². The molecule has 0 saturated heterocycles. The lowest BCUT2D eigenvalue weighted by Gasteiger charge is -2.30. The maximum Gasteiger partial charge on any atom is 0.337 e. The summed E-state index contributed by atoms with van der Waals surface area (Å²) in [6.07, 6.45) is 1.54. The van der Waals surface area contributed by atoms with Gasteiger partial charge < -0.3 is 16.4 Å². The van der Waals surface area contributed by atoms with Crippen molar-refractivity contribution in [2.24, 2.45) is 17.1 Å². The number of primary amides is 1. The summed E-state index contributed by atoms with van der Waals surface area (Å²) in [6.45, 7) is 5.31. The molecule has 0 bridgehead atoms. The van der Waals surface area contributed by atoms with Crippen LogP contribution in [0.1, 0.15) is 46.5 Å². The quantitative estimate of drug-likeness (QED) is 0.607. The van der Waals surface area contributed by atoms with Crippen LogP contribution in [0.25, 0.3) is 11.0 Å². The van der Waals surface area contributed by atoms with Gasteiger partial charge in [0.25, 0.3) is 0 Å². The zero-order valence-electron chi connectivity index (χ0n) is 19.3. The van der Waals surface area contributed by atoms with Gasteiger partial charge >= 0.3 is 11.7 Å². The number of halogens is 1. The first kappa shape index (κ1) is 24.5. The summed E-state index contributed by atoms with van der Waals surface area (Å²) in [7, 11) is 0. The number of rotatable bonds is 6. The number of aromatic nitrogens is 2. The number of nitrogens with zero attached hydrogens (tertiary/aromatic N) is 2. The van der Waals surface area contributed by atoms with E-state index in [1.54, 1.807) is 49.6 Å². The number of hydrogen-bond donors (Lipinski definition) is 3. The Bertz CT molecular complexity index is 1090. The zero-order valence-corrected chi connectivity index (χ0v) is 19.3. The van der Waals surface area contributed by atoms with Gasteiger partial charge in [0.1, 0.15) is 12.2 Å². The van der Waals surface area contributed by atoms with Crippen molar-refractivity contribution in [3.63, 3.8) is 0 Å². The van der Waals surface area contributed by atoms with Gasteiger partial charge in [0.05, 0.1) is 17.6 Å². The van der Waals surface area contributed by atoms with E-state index < -0.39 is 41.2 Å². The maximum absolute atomic E-state index is 13.5. The minimum atomic E-state index is -1.02. The third kappa shape index (κ3) is 5.61. The van der Waals surface area contributed by atoms with Gasteiger partial charge in [0, 0.05) is 6.54 Å². The van der Waals surface area contributed by atoms with Crippen LogP contribution in [0.4, 0.5) is 9.18 Å². The second-order valence-corrected chi connectivity index (χ2v) is 9.77. The standard InChI is InChI=1S/C23H32FN5O4/c1-23(2,3)19(20(31)26-12-18(25)30)27-21(32)29-17-7-5-4-6-16(17)28(22(29)33)13-14-8-10-15(24)11-9-14/h4-7,14-15,19H,8-13H2,1-3H3,(H2,25,30)(H,26,31)(H,27,32)/t14?,15?,19-/m1/s1. The molecule has 10 heteroatoms. The molecule has 3 rings (SSSR count). The molecule has 33 heavy (non-hydrogen) atoms. The summed E-state index contributed by atoms with van der Waals surface area (Å²) < 4.78 is 16.1.